The number of carbonyl (C=O) groups is 2. The standard InChI is InChI=1S/C32H37ClFN3O4S/c1-22-13-17-28(18-14-22)42(40,41)37(27-16-15-23(2)29(33)19-27)21-31(38)36(20-25-9-7-8-12-30(25)34)24(3)32(39)35-26-10-5-4-6-11-26/h7-9,12-19,24,26H,4-6,10-11,20-21H2,1-3H3,(H,35,39)/t24-/m1/s1. The van der Waals surface area contributed by atoms with Crippen LogP contribution in [0.15, 0.2) is 71.6 Å². The van der Waals surface area contributed by atoms with E-state index in [9.17, 15) is 22.4 Å². The number of benzene rings is 3. The molecule has 0 heterocycles. The third-order valence-electron chi connectivity index (χ3n) is 7.75. The van der Waals surface area contributed by atoms with Crippen LogP contribution in [0.4, 0.5) is 10.1 Å². The molecule has 4 rings (SSSR count). The summed E-state index contributed by atoms with van der Waals surface area (Å²) in [7, 11) is -4.23. The zero-order chi connectivity index (χ0) is 30.4. The van der Waals surface area contributed by atoms with Gasteiger partial charge in [-0.15, -0.1) is 0 Å². The minimum Gasteiger partial charge on any atom is -0.352 e. The van der Waals surface area contributed by atoms with E-state index in [0.29, 0.717) is 5.02 Å². The summed E-state index contributed by atoms with van der Waals surface area (Å²) < 4.78 is 43.6. The topological polar surface area (TPSA) is 86.8 Å². The molecule has 7 nitrogen and oxygen atoms in total. The Morgan fingerprint density at radius 2 is 1.67 bits per heavy atom. The van der Waals surface area contributed by atoms with Crippen LogP contribution in [0.25, 0.3) is 0 Å². The van der Waals surface area contributed by atoms with E-state index in [1.54, 1.807) is 56.3 Å². The monoisotopic (exact) mass is 613 g/mol. The summed E-state index contributed by atoms with van der Waals surface area (Å²) in [6.45, 7) is 4.39. The molecule has 10 heteroatoms. The van der Waals surface area contributed by atoms with Crippen molar-refractivity contribution in [1.29, 1.82) is 0 Å². The molecule has 0 aromatic heterocycles. The van der Waals surface area contributed by atoms with Crippen molar-refractivity contribution in [1.82, 2.24) is 10.2 Å². The SMILES string of the molecule is Cc1ccc(S(=O)(=O)N(CC(=O)N(Cc2ccccc2F)[C@H](C)C(=O)NC2CCCCC2)c2ccc(C)c(Cl)c2)cc1. The number of amides is 2. The van der Waals surface area contributed by atoms with E-state index in [1.807, 2.05) is 6.92 Å². The van der Waals surface area contributed by atoms with Crippen molar-refractivity contribution in [2.75, 3.05) is 10.8 Å². The molecule has 3 aromatic rings. The molecule has 0 unspecified atom stereocenters. The second kappa shape index (κ2) is 13.7. The fraction of sp³-hybridized carbons (Fsp3) is 0.375. The Bertz CT molecular complexity index is 1520. The Morgan fingerprint density at radius 3 is 2.31 bits per heavy atom. The maximum atomic E-state index is 14.7. The number of hydrogen-bond acceptors (Lipinski definition) is 4. The average Bonchev–Trinajstić information content (AvgIpc) is 2.97. The molecule has 42 heavy (non-hydrogen) atoms. The van der Waals surface area contributed by atoms with E-state index in [1.165, 1.54) is 29.2 Å². The van der Waals surface area contributed by atoms with Gasteiger partial charge in [-0.05, 0) is 69.5 Å². The van der Waals surface area contributed by atoms with Crippen LogP contribution < -0.4 is 9.62 Å². The lowest BCUT2D eigenvalue weighted by Crippen LogP contribution is -2.53. The maximum absolute atomic E-state index is 14.7. The molecule has 1 aliphatic rings. The van der Waals surface area contributed by atoms with Gasteiger partial charge in [0.1, 0.15) is 18.4 Å². The van der Waals surface area contributed by atoms with Crippen LogP contribution in [0.3, 0.4) is 0 Å². The van der Waals surface area contributed by atoms with E-state index in [0.717, 1.165) is 47.5 Å². The van der Waals surface area contributed by atoms with Crippen molar-refractivity contribution in [2.45, 2.75) is 76.4 Å². The number of carbonyl (C=O) groups excluding carboxylic acids is 2. The quantitative estimate of drug-likeness (QED) is 0.297. The number of nitrogens with zero attached hydrogens (tertiary/aromatic N) is 2. The fourth-order valence-electron chi connectivity index (χ4n) is 5.06. The van der Waals surface area contributed by atoms with Crippen LogP contribution in [0.2, 0.25) is 5.02 Å². The van der Waals surface area contributed by atoms with Gasteiger partial charge in [-0.3, -0.25) is 13.9 Å². The molecule has 1 aliphatic carbocycles. The smallest absolute Gasteiger partial charge is 0.264 e. The molecule has 1 atom stereocenters. The van der Waals surface area contributed by atoms with Crippen LogP contribution in [-0.2, 0) is 26.2 Å². The third-order valence-corrected chi connectivity index (χ3v) is 9.94. The fourth-order valence-corrected chi connectivity index (χ4v) is 6.65. The van der Waals surface area contributed by atoms with Crippen molar-refractivity contribution >= 4 is 39.1 Å². The van der Waals surface area contributed by atoms with Crippen molar-refractivity contribution in [3.63, 3.8) is 0 Å². The van der Waals surface area contributed by atoms with Gasteiger partial charge in [0.05, 0.1) is 10.6 Å². The third kappa shape index (κ3) is 7.50. The van der Waals surface area contributed by atoms with Gasteiger partial charge in [0.25, 0.3) is 10.0 Å². The first-order valence-corrected chi connectivity index (χ1v) is 16.0. The molecule has 0 bridgehead atoms. The summed E-state index contributed by atoms with van der Waals surface area (Å²) in [6.07, 6.45) is 4.87. The van der Waals surface area contributed by atoms with Gasteiger partial charge in [0, 0.05) is 23.2 Å². The largest absolute Gasteiger partial charge is 0.352 e. The van der Waals surface area contributed by atoms with Gasteiger partial charge < -0.3 is 10.2 Å². The lowest BCUT2D eigenvalue weighted by molar-refractivity contribution is -0.139. The molecule has 0 radical (unpaired) electrons. The molecule has 0 aliphatic heterocycles. The lowest BCUT2D eigenvalue weighted by Gasteiger charge is -2.33. The zero-order valence-corrected chi connectivity index (χ0v) is 25.7. The minimum absolute atomic E-state index is 0.00124. The number of anilines is 1. The van der Waals surface area contributed by atoms with Crippen LogP contribution >= 0.6 is 11.6 Å². The maximum Gasteiger partial charge on any atom is 0.264 e. The Kier molecular flexibility index (Phi) is 10.3. The van der Waals surface area contributed by atoms with Crippen LogP contribution in [0, 0.1) is 19.7 Å². The lowest BCUT2D eigenvalue weighted by atomic mass is 9.95. The molecule has 0 saturated heterocycles. The van der Waals surface area contributed by atoms with E-state index in [4.69, 9.17) is 11.6 Å². The summed E-state index contributed by atoms with van der Waals surface area (Å²) in [4.78, 5) is 28.7. The van der Waals surface area contributed by atoms with Gasteiger partial charge in [0.15, 0.2) is 0 Å². The summed E-state index contributed by atoms with van der Waals surface area (Å²) >= 11 is 6.37. The van der Waals surface area contributed by atoms with Crippen molar-refractivity contribution in [2.24, 2.45) is 0 Å². The highest BCUT2D eigenvalue weighted by Gasteiger charge is 2.33. The molecule has 1 fully saturated rings. The molecule has 2 amide bonds. The first-order chi connectivity index (χ1) is 20.0. The normalized spacial score (nSPS) is 14.7. The second-order valence-corrected chi connectivity index (χ2v) is 13.2. The summed E-state index contributed by atoms with van der Waals surface area (Å²) in [5.74, 6) is -1.54. The van der Waals surface area contributed by atoms with Gasteiger partial charge in [0.2, 0.25) is 11.8 Å². The molecule has 3 aromatic carbocycles. The molecular formula is C32H37ClFN3O4S. The Balaban J connectivity index is 1.70. The summed E-state index contributed by atoms with van der Waals surface area (Å²) in [6, 6.07) is 16.1. The first kappa shape index (κ1) is 31.5. The Hall–Kier alpha value is -3.43. The van der Waals surface area contributed by atoms with Gasteiger partial charge in [-0.2, -0.15) is 0 Å². The average molecular weight is 614 g/mol. The van der Waals surface area contributed by atoms with E-state index in [-0.39, 0.29) is 34.6 Å². The molecule has 224 valence electrons. The number of sulfonamides is 1. The number of aryl methyl sites for hydroxylation is 2. The number of halogens is 2. The summed E-state index contributed by atoms with van der Waals surface area (Å²) in [5, 5.41) is 3.38. The first-order valence-electron chi connectivity index (χ1n) is 14.2. The molecule has 1 saturated carbocycles. The molecular weight excluding hydrogens is 577 g/mol. The predicted molar refractivity (Wildman–Crippen MR) is 163 cm³/mol. The number of nitrogens with one attached hydrogen (secondary N) is 1. The van der Waals surface area contributed by atoms with Crippen LogP contribution in [0.5, 0.6) is 0 Å². The number of hydrogen-bond donors (Lipinski definition) is 1. The molecule has 0 spiro atoms. The molecule has 1 N–H and O–H groups in total. The van der Waals surface area contributed by atoms with E-state index in [2.05, 4.69) is 5.32 Å². The number of rotatable bonds is 10. The highest BCUT2D eigenvalue weighted by Crippen LogP contribution is 2.29. The second-order valence-electron chi connectivity index (χ2n) is 10.9. The van der Waals surface area contributed by atoms with E-state index >= 15 is 0 Å². The highest BCUT2D eigenvalue weighted by atomic mass is 35.5. The van der Waals surface area contributed by atoms with Gasteiger partial charge in [-0.1, -0.05) is 72.8 Å². The van der Waals surface area contributed by atoms with Gasteiger partial charge >= 0.3 is 0 Å². The highest BCUT2D eigenvalue weighted by molar-refractivity contribution is 7.92. The van der Waals surface area contributed by atoms with Crippen LogP contribution in [-0.4, -0.2) is 43.8 Å². The van der Waals surface area contributed by atoms with E-state index < -0.39 is 34.3 Å². The Morgan fingerprint density at radius 1 is 1.00 bits per heavy atom. The van der Waals surface area contributed by atoms with Crippen molar-refractivity contribution in [3.05, 3.63) is 94.3 Å². The zero-order valence-electron chi connectivity index (χ0n) is 24.1. The summed E-state index contributed by atoms with van der Waals surface area (Å²) in [5.41, 5.74) is 2.04. The Labute approximate surface area is 252 Å². The van der Waals surface area contributed by atoms with Gasteiger partial charge in [-0.25, -0.2) is 12.8 Å². The van der Waals surface area contributed by atoms with Crippen LogP contribution in [0.1, 0.15) is 55.7 Å². The predicted octanol–water partition coefficient (Wildman–Crippen LogP) is 6.16. The minimum atomic E-state index is -4.23. The van der Waals surface area contributed by atoms with Crippen molar-refractivity contribution < 1.29 is 22.4 Å². The van der Waals surface area contributed by atoms with Crippen molar-refractivity contribution in [3.8, 4) is 0 Å².